The molecule has 0 saturated carbocycles. The standard InChI is InChI=1S/C21H19N3O2S3/c1-27-16-5-2-6-17-19(16)23-21(29-17)24(11-14-4-3-9-26-14)20(25)13-7-8-15-18(10-13)28-12-22-15/h2,5-8,10,12,14H,3-4,9,11H2,1H3. The Kier molecular flexibility index (Phi) is 5.26. The van der Waals surface area contributed by atoms with Gasteiger partial charge in [0.2, 0.25) is 0 Å². The molecule has 8 heteroatoms. The molecule has 1 atom stereocenters. The lowest BCUT2D eigenvalue weighted by molar-refractivity contribution is 0.0917. The monoisotopic (exact) mass is 441 g/mol. The van der Waals surface area contributed by atoms with Gasteiger partial charge in [-0.15, -0.1) is 23.1 Å². The lowest BCUT2D eigenvalue weighted by Crippen LogP contribution is -2.37. The summed E-state index contributed by atoms with van der Waals surface area (Å²) in [6, 6.07) is 11.9. The molecular formula is C21H19N3O2S3. The van der Waals surface area contributed by atoms with Crippen LogP contribution < -0.4 is 4.90 Å². The molecule has 5 rings (SSSR count). The van der Waals surface area contributed by atoms with Gasteiger partial charge in [0.25, 0.3) is 5.91 Å². The van der Waals surface area contributed by atoms with E-state index in [1.165, 1.54) is 0 Å². The third-order valence-corrected chi connectivity index (χ3v) is 7.66. The number of aromatic nitrogens is 2. The maximum absolute atomic E-state index is 13.5. The van der Waals surface area contributed by atoms with Crippen molar-refractivity contribution in [3.05, 3.63) is 47.5 Å². The van der Waals surface area contributed by atoms with E-state index in [0.717, 1.165) is 49.9 Å². The van der Waals surface area contributed by atoms with E-state index >= 15 is 0 Å². The van der Waals surface area contributed by atoms with E-state index in [1.807, 2.05) is 30.5 Å². The van der Waals surface area contributed by atoms with Crippen molar-refractivity contribution in [3.63, 3.8) is 0 Å². The third-order valence-electron chi connectivity index (χ3n) is 5.06. The number of thioether (sulfide) groups is 1. The van der Waals surface area contributed by atoms with Crippen molar-refractivity contribution in [1.29, 1.82) is 0 Å². The number of thiazole rings is 2. The molecule has 0 N–H and O–H groups in total. The van der Waals surface area contributed by atoms with Crippen molar-refractivity contribution in [2.75, 3.05) is 24.3 Å². The maximum atomic E-state index is 13.5. The minimum Gasteiger partial charge on any atom is -0.376 e. The number of hydrogen-bond acceptors (Lipinski definition) is 7. The van der Waals surface area contributed by atoms with Crippen LogP contribution in [0.15, 0.2) is 46.8 Å². The minimum atomic E-state index is -0.0412. The van der Waals surface area contributed by atoms with E-state index in [9.17, 15) is 4.79 Å². The molecular weight excluding hydrogens is 422 g/mol. The van der Waals surface area contributed by atoms with Gasteiger partial charge in [-0.3, -0.25) is 9.69 Å². The summed E-state index contributed by atoms with van der Waals surface area (Å²) >= 11 is 4.78. The highest BCUT2D eigenvalue weighted by Gasteiger charge is 2.27. The zero-order valence-corrected chi connectivity index (χ0v) is 18.3. The smallest absolute Gasteiger partial charge is 0.260 e. The Morgan fingerprint density at radius 3 is 3.07 bits per heavy atom. The number of carbonyl (C=O) groups excluding carboxylic acids is 1. The maximum Gasteiger partial charge on any atom is 0.260 e. The van der Waals surface area contributed by atoms with Crippen LogP contribution in [0.25, 0.3) is 20.4 Å². The summed E-state index contributed by atoms with van der Waals surface area (Å²) in [4.78, 5) is 25.6. The predicted molar refractivity (Wildman–Crippen MR) is 122 cm³/mol. The fourth-order valence-electron chi connectivity index (χ4n) is 3.58. The highest BCUT2D eigenvalue weighted by atomic mass is 32.2. The first-order valence-electron chi connectivity index (χ1n) is 9.43. The molecule has 1 amide bonds. The van der Waals surface area contributed by atoms with Gasteiger partial charge in [-0.1, -0.05) is 17.4 Å². The van der Waals surface area contributed by atoms with Gasteiger partial charge in [0, 0.05) is 17.1 Å². The zero-order chi connectivity index (χ0) is 19.8. The van der Waals surface area contributed by atoms with E-state index in [-0.39, 0.29) is 12.0 Å². The second-order valence-electron chi connectivity index (χ2n) is 6.89. The van der Waals surface area contributed by atoms with Gasteiger partial charge in [0.1, 0.15) is 0 Å². The van der Waals surface area contributed by atoms with Crippen molar-refractivity contribution in [2.45, 2.75) is 23.8 Å². The van der Waals surface area contributed by atoms with Gasteiger partial charge >= 0.3 is 0 Å². The lowest BCUT2D eigenvalue weighted by atomic mass is 10.1. The van der Waals surface area contributed by atoms with Crippen LogP contribution in [0.5, 0.6) is 0 Å². The first-order valence-corrected chi connectivity index (χ1v) is 12.4. The summed E-state index contributed by atoms with van der Waals surface area (Å²) in [5.74, 6) is -0.0412. The largest absolute Gasteiger partial charge is 0.376 e. The number of hydrogen-bond donors (Lipinski definition) is 0. The molecule has 3 heterocycles. The highest BCUT2D eigenvalue weighted by molar-refractivity contribution is 7.98. The average Bonchev–Trinajstić information content (AvgIpc) is 3.50. The average molecular weight is 442 g/mol. The summed E-state index contributed by atoms with van der Waals surface area (Å²) in [5, 5.41) is 0.728. The minimum absolute atomic E-state index is 0.0412. The van der Waals surface area contributed by atoms with Gasteiger partial charge in [-0.05, 0) is 49.4 Å². The van der Waals surface area contributed by atoms with E-state index < -0.39 is 0 Å². The first kappa shape index (κ1) is 19.0. The fourth-order valence-corrected chi connectivity index (χ4v) is 5.92. The number of para-hydroxylation sites is 1. The van der Waals surface area contributed by atoms with Crippen molar-refractivity contribution >= 4 is 65.9 Å². The van der Waals surface area contributed by atoms with Gasteiger partial charge < -0.3 is 4.74 Å². The molecule has 29 heavy (non-hydrogen) atoms. The van der Waals surface area contributed by atoms with Crippen LogP contribution in [0.1, 0.15) is 23.2 Å². The molecule has 4 aromatic rings. The quantitative estimate of drug-likeness (QED) is 0.385. The number of rotatable bonds is 5. The van der Waals surface area contributed by atoms with Crippen LogP contribution in [0.4, 0.5) is 5.13 Å². The Morgan fingerprint density at radius 1 is 1.31 bits per heavy atom. The zero-order valence-electron chi connectivity index (χ0n) is 15.8. The molecule has 0 aliphatic carbocycles. The number of anilines is 1. The lowest BCUT2D eigenvalue weighted by Gasteiger charge is -2.23. The molecule has 1 aliphatic heterocycles. The van der Waals surface area contributed by atoms with E-state index in [1.54, 1.807) is 44.8 Å². The Labute approximate surface area is 180 Å². The van der Waals surface area contributed by atoms with E-state index in [0.29, 0.717) is 12.1 Å². The van der Waals surface area contributed by atoms with Crippen LogP contribution in [-0.4, -0.2) is 41.4 Å². The third kappa shape index (κ3) is 3.66. The second-order valence-corrected chi connectivity index (χ2v) is 9.63. The van der Waals surface area contributed by atoms with Gasteiger partial charge in [-0.2, -0.15) is 0 Å². The van der Waals surface area contributed by atoms with Crippen molar-refractivity contribution in [3.8, 4) is 0 Å². The van der Waals surface area contributed by atoms with Gasteiger partial charge in [0.15, 0.2) is 5.13 Å². The fraction of sp³-hybridized carbons (Fsp3) is 0.286. The highest BCUT2D eigenvalue weighted by Crippen LogP contribution is 2.35. The van der Waals surface area contributed by atoms with Crippen molar-refractivity contribution in [1.82, 2.24) is 9.97 Å². The summed E-state index contributed by atoms with van der Waals surface area (Å²) < 4.78 is 7.95. The van der Waals surface area contributed by atoms with Crippen molar-refractivity contribution in [2.24, 2.45) is 0 Å². The molecule has 0 radical (unpaired) electrons. The Bertz CT molecular complexity index is 1180. The van der Waals surface area contributed by atoms with Crippen LogP contribution >= 0.6 is 34.4 Å². The molecule has 2 aromatic heterocycles. The van der Waals surface area contributed by atoms with E-state index in [4.69, 9.17) is 9.72 Å². The Balaban J connectivity index is 1.56. The number of amides is 1. The summed E-state index contributed by atoms with van der Waals surface area (Å²) in [6.07, 6.45) is 4.11. The molecule has 2 aromatic carbocycles. The number of fused-ring (bicyclic) bond motifs is 2. The van der Waals surface area contributed by atoms with Gasteiger partial charge in [0.05, 0.1) is 38.6 Å². The predicted octanol–water partition coefficient (Wildman–Crippen LogP) is 5.45. The first-order chi connectivity index (χ1) is 14.2. The number of ether oxygens (including phenoxy) is 1. The molecule has 5 nitrogen and oxygen atoms in total. The summed E-state index contributed by atoms with van der Waals surface area (Å²) in [5.41, 5.74) is 4.34. The molecule has 1 saturated heterocycles. The second kappa shape index (κ2) is 8.02. The van der Waals surface area contributed by atoms with Crippen molar-refractivity contribution < 1.29 is 9.53 Å². The Morgan fingerprint density at radius 2 is 2.24 bits per heavy atom. The summed E-state index contributed by atoms with van der Waals surface area (Å²) in [7, 11) is 0. The number of carbonyl (C=O) groups is 1. The van der Waals surface area contributed by atoms with Crippen LogP contribution in [-0.2, 0) is 4.74 Å². The molecule has 1 fully saturated rings. The topological polar surface area (TPSA) is 55.3 Å². The molecule has 0 bridgehead atoms. The Hall–Kier alpha value is -2.00. The molecule has 1 aliphatic rings. The molecule has 0 spiro atoms. The molecule has 1 unspecified atom stereocenters. The number of nitrogens with zero attached hydrogens (tertiary/aromatic N) is 3. The normalized spacial score (nSPS) is 16.7. The van der Waals surface area contributed by atoms with Crippen LogP contribution in [0.2, 0.25) is 0 Å². The van der Waals surface area contributed by atoms with Gasteiger partial charge in [-0.25, -0.2) is 9.97 Å². The number of benzene rings is 2. The molecule has 148 valence electrons. The van der Waals surface area contributed by atoms with Crippen LogP contribution in [0, 0.1) is 0 Å². The SMILES string of the molecule is CSc1cccc2sc(N(CC3CCCO3)C(=O)c3ccc4ncsc4c3)nc12. The van der Waals surface area contributed by atoms with E-state index in [2.05, 4.69) is 17.1 Å². The summed E-state index contributed by atoms with van der Waals surface area (Å²) in [6.45, 7) is 1.28. The van der Waals surface area contributed by atoms with Crippen LogP contribution in [0.3, 0.4) is 0 Å².